The van der Waals surface area contributed by atoms with Crippen LogP contribution in [0.5, 0.6) is 0 Å². The first kappa shape index (κ1) is 12.7. The molecule has 0 unspecified atom stereocenters. The minimum Gasteiger partial charge on any atom is -0.318 e. The van der Waals surface area contributed by atoms with E-state index in [1.165, 1.54) is 12.1 Å². The molecule has 18 heavy (non-hydrogen) atoms. The summed E-state index contributed by atoms with van der Waals surface area (Å²) in [6, 6.07) is 3.47. The third-order valence-corrected chi connectivity index (χ3v) is 4.05. The highest BCUT2D eigenvalue weighted by Gasteiger charge is 2.29. The van der Waals surface area contributed by atoms with Crippen LogP contribution in [0.2, 0.25) is 0 Å². The predicted molar refractivity (Wildman–Crippen MR) is 64.2 cm³/mol. The summed E-state index contributed by atoms with van der Waals surface area (Å²) < 4.78 is 26.2. The maximum Gasteiger partial charge on any atom is 0.294 e. The van der Waals surface area contributed by atoms with Gasteiger partial charge in [0.1, 0.15) is 5.69 Å². The maximum atomic E-state index is 11.9. The van der Waals surface area contributed by atoms with Crippen LogP contribution in [-0.2, 0) is 10.0 Å². The predicted octanol–water partition coefficient (Wildman–Crippen LogP) is 0.321. The molecule has 1 aliphatic rings. The lowest BCUT2D eigenvalue weighted by atomic mass is 10.3. The van der Waals surface area contributed by atoms with Crippen LogP contribution in [0.15, 0.2) is 23.1 Å². The molecule has 9 heteroatoms. The lowest BCUT2D eigenvalue weighted by molar-refractivity contribution is -0.384. The number of rotatable bonds is 5. The molecule has 98 valence electrons. The van der Waals surface area contributed by atoms with Gasteiger partial charge >= 0.3 is 0 Å². The lowest BCUT2D eigenvalue weighted by Gasteiger charge is -2.07. The topological polar surface area (TPSA) is 127 Å². The highest BCUT2D eigenvalue weighted by Crippen LogP contribution is 2.28. The second kappa shape index (κ2) is 4.52. The second-order valence-corrected chi connectivity index (χ2v) is 5.69. The number of nitro groups is 1. The van der Waals surface area contributed by atoms with E-state index in [-0.39, 0.29) is 22.3 Å². The first-order valence-electron chi connectivity index (χ1n) is 5.21. The van der Waals surface area contributed by atoms with Gasteiger partial charge in [0.2, 0.25) is 10.0 Å². The van der Waals surface area contributed by atoms with Gasteiger partial charge < -0.3 is 5.43 Å². The van der Waals surface area contributed by atoms with Crippen LogP contribution < -0.4 is 16.0 Å². The van der Waals surface area contributed by atoms with Gasteiger partial charge in [-0.15, -0.1) is 0 Å². The van der Waals surface area contributed by atoms with Gasteiger partial charge in [0.25, 0.3) is 5.69 Å². The Labute approximate surface area is 103 Å². The third-order valence-electron chi connectivity index (χ3n) is 2.53. The van der Waals surface area contributed by atoms with E-state index >= 15 is 0 Å². The van der Waals surface area contributed by atoms with Crippen LogP contribution in [0.25, 0.3) is 0 Å². The zero-order valence-corrected chi connectivity index (χ0v) is 10.1. The molecule has 4 N–H and O–H groups in total. The molecule has 1 aromatic rings. The normalized spacial score (nSPS) is 15.4. The average molecular weight is 272 g/mol. The number of nitrogens with zero attached hydrogens (tertiary/aromatic N) is 1. The quantitative estimate of drug-likeness (QED) is 0.402. The van der Waals surface area contributed by atoms with Crippen LogP contribution in [0.1, 0.15) is 12.8 Å². The highest BCUT2D eigenvalue weighted by molar-refractivity contribution is 7.89. The lowest BCUT2D eigenvalue weighted by Crippen LogP contribution is -2.25. The van der Waals surface area contributed by atoms with Gasteiger partial charge in [-0.1, -0.05) is 0 Å². The number of hydrazine groups is 1. The van der Waals surface area contributed by atoms with Crippen molar-refractivity contribution in [2.75, 3.05) is 5.43 Å². The molecule has 0 atom stereocenters. The zero-order chi connectivity index (χ0) is 13.3. The molecule has 0 heterocycles. The van der Waals surface area contributed by atoms with Crippen molar-refractivity contribution < 1.29 is 13.3 Å². The fraction of sp³-hybridized carbons (Fsp3) is 0.333. The van der Waals surface area contributed by atoms with Crippen LogP contribution in [0.3, 0.4) is 0 Å². The van der Waals surface area contributed by atoms with Gasteiger partial charge in [-0.05, 0) is 25.0 Å². The number of benzene rings is 1. The number of nitro benzene ring substituents is 1. The summed E-state index contributed by atoms with van der Waals surface area (Å²) >= 11 is 0. The Morgan fingerprint density at radius 1 is 1.39 bits per heavy atom. The van der Waals surface area contributed by atoms with Crippen molar-refractivity contribution in [1.29, 1.82) is 0 Å². The van der Waals surface area contributed by atoms with Gasteiger partial charge in [0, 0.05) is 12.1 Å². The van der Waals surface area contributed by atoms with Crippen molar-refractivity contribution in [3.05, 3.63) is 28.3 Å². The molecule has 0 aliphatic heterocycles. The molecule has 1 fully saturated rings. The summed E-state index contributed by atoms with van der Waals surface area (Å²) in [5.41, 5.74) is 1.83. The van der Waals surface area contributed by atoms with Crippen molar-refractivity contribution in [2.24, 2.45) is 5.84 Å². The third kappa shape index (κ3) is 2.58. The Morgan fingerprint density at radius 2 is 2.06 bits per heavy atom. The summed E-state index contributed by atoms with van der Waals surface area (Å²) in [5, 5.41) is 10.8. The number of nitrogen functional groups attached to an aromatic ring is 1. The summed E-state index contributed by atoms with van der Waals surface area (Å²) in [4.78, 5) is 9.96. The van der Waals surface area contributed by atoms with Crippen LogP contribution in [0.4, 0.5) is 11.4 Å². The van der Waals surface area contributed by atoms with Gasteiger partial charge in [-0.3, -0.25) is 16.0 Å². The molecule has 1 saturated carbocycles. The number of nitrogens with two attached hydrogens (primary N) is 1. The number of sulfonamides is 1. The molecule has 1 aromatic carbocycles. The summed E-state index contributed by atoms with van der Waals surface area (Å²) in [6.45, 7) is 0. The fourth-order valence-corrected chi connectivity index (χ4v) is 2.76. The SMILES string of the molecule is NNc1ccc(S(=O)(=O)NC2CC2)cc1[N+](=O)[O-]. The van der Waals surface area contributed by atoms with Crippen molar-refractivity contribution in [3.63, 3.8) is 0 Å². The van der Waals surface area contributed by atoms with Crippen molar-refractivity contribution >= 4 is 21.4 Å². The number of anilines is 1. The van der Waals surface area contributed by atoms with Crippen molar-refractivity contribution in [3.8, 4) is 0 Å². The van der Waals surface area contributed by atoms with E-state index in [9.17, 15) is 18.5 Å². The monoisotopic (exact) mass is 272 g/mol. The Morgan fingerprint density at radius 3 is 2.56 bits per heavy atom. The molecule has 0 saturated heterocycles. The Balaban J connectivity index is 2.39. The minimum atomic E-state index is -3.70. The number of nitrogens with one attached hydrogen (secondary N) is 2. The molecule has 0 spiro atoms. The molecule has 2 rings (SSSR count). The van der Waals surface area contributed by atoms with E-state index in [2.05, 4.69) is 10.1 Å². The molecule has 0 amide bonds. The van der Waals surface area contributed by atoms with Gasteiger partial charge in [-0.2, -0.15) is 0 Å². The maximum absolute atomic E-state index is 11.9. The molecule has 1 aliphatic carbocycles. The number of hydrogen-bond acceptors (Lipinski definition) is 6. The largest absolute Gasteiger partial charge is 0.318 e. The minimum absolute atomic E-state index is 0.0543. The Kier molecular flexibility index (Phi) is 3.20. The Bertz CT molecular complexity index is 582. The first-order valence-corrected chi connectivity index (χ1v) is 6.70. The molecule has 0 radical (unpaired) electrons. The van der Waals surface area contributed by atoms with Crippen molar-refractivity contribution in [2.45, 2.75) is 23.8 Å². The average Bonchev–Trinajstić information content (AvgIpc) is 3.11. The van der Waals surface area contributed by atoms with Crippen LogP contribution in [-0.4, -0.2) is 19.4 Å². The smallest absolute Gasteiger partial charge is 0.294 e. The fourth-order valence-electron chi connectivity index (χ4n) is 1.44. The zero-order valence-electron chi connectivity index (χ0n) is 9.29. The van der Waals surface area contributed by atoms with Crippen LogP contribution in [0, 0.1) is 10.1 Å². The van der Waals surface area contributed by atoms with E-state index in [0.29, 0.717) is 0 Å². The van der Waals surface area contributed by atoms with E-state index in [0.717, 1.165) is 18.9 Å². The molecule has 8 nitrogen and oxygen atoms in total. The molecule has 0 bridgehead atoms. The number of hydrogen-bond donors (Lipinski definition) is 3. The molecular formula is C9H12N4O4S. The van der Waals surface area contributed by atoms with Gasteiger partial charge in [0.15, 0.2) is 0 Å². The molecule has 0 aromatic heterocycles. The van der Waals surface area contributed by atoms with Gasteiger partial charge in [0.05, 0.1) is 9.82 Å². The first-order chi connectivity index (χ1) is 8.44. The Hall–Kier alpha value is -1.71. The summed E-state index contributed by atoms with van der Waals surface area (Å²) in [5.74, 6) is 5.12. The highest BCUT2D eigenvalue weighted by atomic mass is 32.2. The van der Waals surface area contributed by atoms with E-state index in [1.54, 1.807) is 0 Å². The summed E-state index contributed by atoms with van der Waals surface area (Å²) in [7, 11) is -3.70. The van der Waals surface area contributed by atoms with E-state index in [4.69, 9.17) is 5.84 Å². The standard InChI is InChI=1S/C9H12N4O4S/c10-11-8-4-3-7(5-9(8)13(14)15)18(16,17)12-6-1-2-6/h3-6,11-12H,1-2,10H2. The second-order valence-electron chi connectivity index (χ2n) is 3.98. The summed E-state index contributed by atoms with van der Waals surface area (Å²) in [6.07, 6.45) is 1.59. The van der Waals surface area contributed by atoms with Gasteiger partial charge in [-0.25, -0.2) is 13.1 Å². The van der Waals surface area contributed by atoms with Crippen LogP contribution >= 0.6 is 0 Å². The van der Waals surface area contributed by atoms with E-state index < -0.39 is 14.9 Å². The molecular weight excluding hydrogens is 260 g/mol. The van der Waals surface area contributed by atoms with Crippen molar-refractivity contribution in [1.82, 2.24) is 4.72 Å². The van der Waals surface area contributed by atoms with E-state index in [1.807, 2.05) is 0 Å².